The van der Waals surface area contributed by atoms with Crippen molar-refractivity contribution in [1.29, 1.82) is 0 Å². The first kappa shape index (κ1) is 22.7. The molecule has 4 aromatic heterocycles. The van der Waals surface area contributed by atoms with Gasteiger partial charge in [-0.1, -0.05) is 0 Å². The minimum Gasteiger partial charge on any atom is -0.458 e. The van der Waals surface area contributed by atoms with Gasteiger partial charge in [0.2, 0.25) is 5.95 Å². The summed E-state index contributed by atoms with van der Waals surface area (Å²) in [6.07, 6.45) is 1.77. The molecule has 2 aliphatic heterocycles. The number of anilines is 3. The second-order valence-electron chi connectivity index (χ2n) is 9.23. The van der Waals surface area contributed by atoms with E-state index in [0.29, 0.717) is 50.3 Å². The van der Waals surface area contributed by atoms with Crippen molar-refractivity contribution in [3.05, 3.63) is 42.3 Å². The monoisotopic (exact) mass is 490 g/mol. The lowest BCUT2D eigenvalue weighted by Crippen LogP contribution is -2.46. The van der Waals surface area contributed by atoms with E-state index in [9.17, 15) is 0 Å². The molecule has 0 unspecified atom stereocenters. The quantitative estimate of drug-likeness (QED) is 0.417. The average molecular weight is 491 g/mol. The SMILES string of the molecule is C[C@H]1COCCN1c1nc(N2CCOC[C@@H]2C)c2ccc(-c3ccc(CNc4cc[nH]n4)o3)nc2n1. The minimum atomic E-state index is 0.184. The molecule has 11 heteroatoms. The van der Waals surface area contributed by atoms with E-state index >= 15 is 0 Å². The number of rotatable bonds is 6. The molecule has 4 aromatic rings. The first-order valence-electron chi connectivity index (χ1n) is 12.4. The zero-order chi connectivity index (χ0) is 24.5. The van der Waals surface area contributed by atoms with E-state index in [2.05, 4.69) is 39.2 Å². The predicted molar refractivity (Wildman–Crippen MR) is 136 cm³/mol. The van der Waals surface area contributed by atoms with Gasteiger partial charge in [0.1, 0.15) is 23.1 Å². The Morgan fingerprint density at radius 1 is 0.944 bits per heavy atom. The molecule has 6 heterocycles. The van der Waals surface area contributed by atoms with Crippen LogP contribution in [0.3, 0.4) is 0 Å². The normalized spacial score (nSPS) is 20.7. The first-order chi connectivity index (χ1) is 17.7. The van der Waals surface area contributed by atoms with Gasteiger partial charge in [-0.3, -0.25) is 5.10 Å². The lowest BCUT2D eigenvalue weighted by atomic mass is 10.2. The van der Waals surface area contributed by atoms with Gasteiger partial charge in [-0.25, -0.2) is 4.98 Å². The van der Waals surface area contributed by atoms with Gasteiger partial charge in [-0.2, -0.15) is 15.1 Å². The number of furan rings is 1. The molecule has 2 aliphatic rings. The first-order valence-corrected chi connectivity index (χ1v) is 12.4. The number of aromatic amines is 1. The number of nitrogens with one attached hydrogen (secondary N) is 2. The molecule has 0 bridgehead atoms. The van der Waals surface area contributed by atoms with Crippen LogP contribution in [0, 0.1) is 0 Å². The Bertz CT molecular complexity index is 1320. The highest BCUT2D eigenvalue weighted by Gasteiger charge is 2.27. The molecular weight excluding hydrogens is 460 g/mol. The molecule has 2 saturated heterocycles. The van der Waals surface area contributed by atoms with Gasteiger partial charge in [0.25, 0.3) is 0 Å². The third kappa shape index (κ3) is 4.47. The van der Waals surface area contributed by atoms with Crippen molar-refractivity contribution in [2.75, 3.05) is 54.6 Å². The van der Waals surface area contributed by atoms with E-state index < -0.39 is 0 Å². The molecular formula is C25H30N8O3. The van der Waals surface area contributed by atoms with E-state index in [1.807, 2.05) is 30.3 Å². The number of hydrogen-bond donors (Lipinski definition) is 2. The second-order valence-corrected chi connectivity index (χ2v) is 9.23. The Kier molecular flexibility index (Phi) is 6.16. The van der Waals surface area contributed by atoms with Crippen molar-refractivity contribution in [2.45, 2.75) is 32.5 Å². The third-order valence-corrected chi connectivity index (χ3v) is 6.65. The molecule has 0 aromatic carbocycles. The summed E-state index contributed by atoms with van der Waals surface area (Å²) >= 11 is 0. The number of aromatic nitrogens is 5. The summed E-state index contributed by atoms with van der Waals surface area (Å²) in [5.41, 5.74) is 1.38. The lowest BCUT2D eigenvalue weighted by molar-refractivity contribution is 0.0973. The van der Waals surface area contributed by atoms with Gasteiger partial charge in [0.15, 0.2) is 11.4 Å². The topological polar surface area (TPSA) is 117 Å². The van der Waals surface area contributed by atoms with Crippen LogP contribution >= 0.6 is 0 Å². The number of morpholine rings is 2. The third-order valence-electron chi connectivity index (χ3n) is 6.65. The predicted octanol–water partition coefficient (Wildman–Crippen LogP) is 3.07. The van der Waals surface area contributed by atoms with Crippen molar-refractivity contribution in [3.8, 4) is 11.5 Å². The number of nitrogens with zero attached hydrogens (tertiary/aromatic N) is 6. The maximum absolute atomic E-state index is 6.08. The fourth-order valence-corrected chi connectivity index (χ4v) is 4.68. The van der Waals surface area contributed by atoms with Crippen molar-refractivity contribution in [2.24, 2.45) is 0 Å². The Hall–Kier alpha value is -3.70. The number of H-pyrrole nitrogens is 1. The Balaban J connectivity index is 1.36. The lowest BCUT2D eigenvalue weighted by Gasteiger charge is -2.37. The van der Waals surface area contributed by atoms with Crippen molar-refractivity contribution in [3.63, 3.8) is 0 Å². The van der Waals surface area contributed by atoms with E-state index in [0.717, 1.165) is 41.6 Å². The summed E-state index contributed by atoms with van der Waals surface area (Å²) in [6.45, 7) is 8.99. The van der Waals surface area contributed by atoms with Crippen molar-refractivity contribution < 1.29 is 13.9 Å². The molecule has 11 nitrogen and oxygen atoms in total. The van der Waals surface area contributed by atoms with Gasteiger partial charge in [0, 0.05) is 19.3 Å². The number of fused-ring (bicyclic) bond motifs is 1. The zero-order valence-corrected chi connectivity index (χ0v) is 20.5. The molecule has 0 saturated carbocycles. The van der Waals surface area contributed by atoms with Crippen LogP contribution in [0.4, 0.5) is 17.6 Å². The summed E-state index contributed by atoms with van der Waals surface area (Å²) in [5, 5.41) is 11.0. The van der Waals surface area contributed by atoms with E-state index in [1.54, 1.807) is 6.20 Å². The van der Waals surface area contributed by atoms with Gasteiger partial charge in [-0.15, -0.1) is 0 Å². The van der Waals surface area contributed by atoms with Gasteiger partial charge in [0.05, 0.1) is 50.4 Å². The van der Waals surface area contributed by atoms with Crippen LogP contribution in [0.2, 0.25) is 0 Å². The fourth-order valence-electron chi connectivity index (χ4n) is 4.68. The number of hydrogen-bond acceptors (Lipinski definition) is 10. The second kappa shape index (κ2) is 9.75. The summed E-state index contributed by atoms with van der Waals surface area (Å²) in [6, 6.07) is 10.2. The number of pyridine rings is 1. The molecule has 36 heavy (non-hydrogen) atoms. The smallest absolute Gasteiger partial charge is 0.229 e. The molecule has 188 valence electrons. The average Bonchev–Trinajstić information content (AvgIpc) is 3.60. The van der Waals surface area contributed by atoms with Crippen LogP contribution in [0.15, 0.2) is 40.9 Å². The van der Waals surface area contributed by atoms with E-state index in [-0.39, 0.29) is 12.1 Å². The highest BCUT2D eigenvalue weighted by atomic mass is 16.5. The zero-order valence-electron chi connectivity index (χ0n) is 20.5. The molecule has 2 fully saturated rings. The summed E-state index contributed by atoms with van der Waals surface area (Å²) < 4.78 is 17.4. The molecule has 0 aliphatic carbocycles. The van der Waals surface area contributed by atoms with E-state index in [4.69, 9.17) is 28.8 Å². The Morgan fingerprint density at radius 3 is 2.50 bits per heavy atom. The summed E-state index contributed by atoms with van der Waals surface area (Å²) in [7, 11) is 0. The van der Waals surface area contributed by atoms with Gasteiger partial charge in [-0.05, 0) is 44.2 Å². The highest BCUT2D eigenvalue weighted by molar-refractivity contribution is 5.89. The van der Waals surface area contributed by atoms with Crippen LogP contribution in [0.5, 0.6) is 0 Å². The summed E-state index contributed by atoms with van der Waals surface area (Å²) in [5.74, 6) is 3.83. The molecule has 2 atom stereocenters. The maximum Gasteiger partial charge on any atom is 0.229 e. The maximum atomic E-state index is 6.08. The van der Waals surface area contributed by atoms with Gasteiger partial charge >= 0.3 is 0 Å². The molecule has 6 rings (SSSR count). The molecule has 0 amide bonds. The molecule has 0 radical (unpaired) electrons. The van der Waals surface area contributed by atoms with Crippen LogP contribution in [0.1, 0.15) is 19.6 Å². The highest BCUT2D eigenvalue weighted by Crippen LogP contribution is 2.31. The van der Waals surface area contributed by atoms with Crippen molar-refractivity contribution in [1.82, 2.24) is 25.1 Å². The molecule has 2 N–H and O–H groups in total. The summed E-state index contributed by atoms with van der Waals surface area (Å²) in [4.78, 5) is 19.4. The van der Waals surface area contributed by atoms with Crippen molar-refractivity contribution >= 4 is 28.6 Å². The number of ether oxygens (including phenoxy) is 2. The van der Waals surface area contributed by atoms with Crippen LogP contribution in [-0.2, 0) is 16.0 Å². The van der Waals surface area contributed by atoms with Crippen LogP contribution < -0.4 is 15.1 Å². The Labute approximate surface area is 208 Å². The largest absolute Gasteiger partial charge is 0.458 e. The Morgan fingerprint density at radius 2 is 1.75 bits per heavy atom. The van der Waals surface area contributed by atoms with Crippen LogP contribution in [0.25, 0.3) is 22.5 Å². The molecule has 0 spiro atoms. The minimum absolute atomic E-state index is 0.184. The van der Waals surface area contributed by atoms with Crippen LogP contribution in [-0.4, -0.2) is 76.8 Å². The standard InChI is InChI=1S/C25H30N8O3/c1-16-14-34-11-9-32(16)24-19-4-5-20(21-6-3-18(36-21)13-26-22-7-8-27-31-22)28-23(19)29-25(30-24)33-10-12-35-15-17(33)2/h3-8,16-17H,9-15H2,1-2H3,(H2,26,27,31)/t16-,17-/m0/s1. The van der Waals surface area contributed by atoms with Gasteiger partial charge < -0.3 is 29.0 Å². The van der Waals surface area contributed by atoms with E-state index in [1.165, 1.54) is 0 Å². The fraction of sp³-hybridized carbons (Fsp3) is 0.440.